The lowest BCUT2D eigenvalue weighted by Crippen LogP contribution is -1.95. The SMILES string of the molecule is Cc1ccc(-n2c(=O)c2=O)cc1N. The summed E-state index contributed by atoms with van der Waals surface area (Å²) in [6.45, 7) is 1.87. The van der Waals surface area contributed by atoms with Crippen molar-refractivity contribution in [3.05, 3.63) is 44.5 Å². The smallest absolute Gasteiger partial charge is 0.324 e. The van der Waals surface area contributed by atoms with Gasteiger partial charge in [0.05, 0.1) is 5.69 Å². The van der Waals surface area contributed by atoms with E-state index in [-0.39, 0.29) is 0 Å². The van der Waals surface area contributed by atoms with Crippen molar-refractivity contribution in [2.24, 2.45) is 0 Å². The van der Waals surface area contributed by atoms with Crippen LogP contribution in [0.25, 0.3) is 5.69 Å². The second-order valence-corrected chi connectivity index (χ2v) is 2.99. The van der Waals surface area contributed by atoms with E-state index in [1.165, 1.54) is 0 Å². The summed E-state index contributed by atoms with van der Waals surface area (Å²) in [5, 5.41) is 0. The molecule has 0 aliphatic heterocycles. The van der Waals surface area contributed by atoms with Crippen LogP contribution in [0.3, 0.4) is 0 Å². The van der Waals surface area contributed by atoms with Gasteiger partial charge in [-0.3, -0.25) is 9.59 Å². The molecule has 0 saturated heterocycles. The van der Waals surface area contributed by atoms with Crippen molar-refractivity contribution in [2.75, 3.05) is 5.73 Å². The number of nitrogens with zero attached hydrogens (tertiary/aromatic N) is 1. The molecule has 0 saturated carbocycles. The minimum atomic E-state index is -0.469. The molecular formula is C9H8N2O2. The van der Waals surface area contributed by atoms with Crippen molar-refractivity contribution in [2.45, 2.75) is 6.92 Å². The molecule has 1 heterocycles. The van der Waals surface area contributed by atoms with Crippen LogP contribution in [0.15, 0.2) is 27.8 Å². The summed E-state index contributed by atoms with van der Waals surface area (Å²) in [5.74, 6) is 0. The maximum Gasteiger partial charge on any atom is 0.324 e. The fraction of sp³-hybridized carbons (Fsp3) is 0.111. The van der Waals surface area contributed by atoms with Gasteiger partial charge in [0.15, 0.2) is 0 Å². The van der Waals surface area contributed by atoms with E-state index in [0.29, 0.717) is 11.4 Å². The van der Waals surface area contributed by atoms with Crippen LogP contribution in [0.5, 0.6) is 0 Å². The van der Waals surface area contributed by atoms with Crippen molar-refractivity contribution in [3.8, 4) is 5.69 Å². The van der Waals surface area contributed by atoms with Crippen LogP contribution in [0.4, 0.5) is 5.69 Å². The monoisotopic (exact) mass is 176 g/mol. The van der Waals surface area contributed by atoms with E-state index < -0.39 is 11.1 Å². The largest absolute Gasteiger partial charge is 0.398 e. The van der Waals surface area contributed by atoms with Gasteiger partial charge in [-0.2, -0.15) is 0 Å². The molecule has 0 atom stereocenters. The molecule has 0 aliphatic carbocycles. The van der Waals surface area contributed by atoms with Crippen LogP contribution in [0, 0.1) is 6.92 Å². The molecular weight excluding hydrogens is 168 g/mol. The first kappa shape index (κ1) is 7.79. The Morgan fingerprint density at radius 3 is 2.31 bits per heavy atom. The third kappa shape index (κ3) is 1.07. The molecule has 4 heteroatoms. The molecule has 0 bridgehead atoms. The Kier molecular flexibility index (Phi) is 1.39. The molecule has 0 aliphatic rings. The molecule has 66 valence electrons. The molecule has 0 amide bonds. The van der Waals surface area contributed by atoms with Crippen LogP contribution in [0.2, 0.25) is 0 Å². The minimum Gasteiger partial charge on any atom is -0.398 e. The first-order valence-corrected chi connectivity index (χ1v) is 3.86. The average molecular weight is 176 g/mol. The zero-order valence-electron chi connectivity index (χ0n) is 7.07. The topological polar surface area (TPSA) is 65.1 Å². The molecule has 2 aromatic rings. The van der Waals surface area contributed by atoms with Crippen LogP contribution in [-0.4, -0.2) is 4.57 Å². The number of rotatable bonds is 1. The van der Waals surface area contributed by atoms with Gasteiger partial charge in [0.25, 0.3) is 0 Å². The highest BCUT2D eigenvalue weighted by Crippen LogP contribution is 2.14. The van der Waals surface area contributed by atoms with Crippen molar-refractivity contribution in [1.29, 1.82) is 0 Å². The number of hydrogen-bond acceptors (Lipinski definition) is 3. The highest BCUT2D eigenvalue weighted by Gasteiger charge is 2.17. The van der Waals surface area contributed by atoms with E-state index in [1.54, 1.807) is 18.2 Å². The van der Waals surface area contributed by atoms with Gasteiger partial charge in [0.2, 0.25) is 0 Å². The average Bonchev–Trinajstić information content (AvgIpc) is 2.67. The summed E-state index contributed by atoms with van der Waals surface area (Å²) in [6.07, 6.45) is 0. The Balaban J connectivity index is 2.56. The number of hydrogen-bond donors (Lipinski definition) is 1. The van der Waals surface area contributed by atoms with Gasteiger partial charge in [0, 0.05) is 5.69 Å². The molecule has 1 aromatic carbocycles. The van der Waals surface area contributed by atoms with Crippen LogP contribution in [-0.2, 0) is 0 Å². The van der Waals surface area contributed by atoms with E-state index >= 15 is 0 Å². The maximum atomic E-state index is 10.8. The van der Waals surface area contributed by atoms with Crippen molar-refractivity contribution < 1.29 is 0 Å². The molecule has 1 aromatic heterocycles. The number of aromatic nitrogens is 1. The zero-order valence-corrected chi connectivity index (χ0v) is 7.07. The van der Waals surface area contributed by atoms with E-state index in [1.807, 2.05) is 6.92 Å². The fourth-order valence-electron chi connectivity index (χ4n) is 1.14. The molecule has 4 nitrogen and oxygen atoms in total. The van der Waals surface area contributed by atoms with Crippen molar-refractivity contribution >= 4 is 5.69 Å². The Morgan fingerprint density at radius 1 is 1.23 bits per heavy atom. The minimum absolute atomic E-state index is 0.469. The molecule has 13 heavy (non-hydrogen) atoms. The first-order chi connectivity index (χ1) is 6.11. The Morgan fingerprint density at radius 2 is 1.85 bits per heavy atom. The molecule has 2 rings (SSSR count). The second kappa shape index (κ2) is 2.32. The molecule has 0 fully saturated rings. The van der Waals surface area contributed by atoms with E-state index in [9.17, 15) is 9.59 Å². The summed E-state index contributed by atoms with van der Waals surface area (Å²) in [6, 6.07) is 5.11. The lowest BCUT2D eigenvalue weighted by molar-refractivity contribution is 1.17. The standard InChI is InChI=1S/C9H8N2O2/c1-5-2-3-6(4-7(5)10)11-8(12)9(11)13/h2-4H,10H2,1H3. The fourth-order valence-corrected chi connectivity index (χ4v) is 1.14. The quantitative estimate of drug-likeness (QED) is 0.490. The number of nitrogens with two attached hydrogens (primary N) is 1. The summed E-state index contributed by atoms with van der Waals surface area (Å²) < 4.78 is 1.09. The van der Waals surface area contributed by atoms with Gasteiger partial charge < -0.3 is 5.73 Å². The van der Waals surface area contributed by atoms with E-state index in [4.69, 9.17) is 5.73 Å². The predicted octanol–water partition coefficient (Wildman–Crippen LogP) is -0.0361. The lowest BCUT2D eigenvalue weighted by Gasteiger charge is -2.00. The number of benzene rings is 1. The van der Waals surface area contributed by atoms with Crippen LogP contribution in [0.1, 0.15) is 5.56 Å². The Bertz CT molecular complexity index is 507. The summed E-state index contributed by atoms with van der Waals surface area (Å²) in [5.41, 5.74) is 6.77. The van der Waals surface area contributed by atoms with Gasteiger partial charge in [-0.1, -0.05) is 6.07 Å². The summed E-state index contributed by atoms with van der Waals surface area (Å²) in [7, 11) is 0. The zero-order chi connectivity index (χ0) is 9.59. The number of aryl methyl sites for hydroxylation is 1. The van der Waals surface area contributed by atoms with Crippen molar-refractivity contribution in [1.82, 2.24) is 4.57 Å². The Labute approximate surface area is 73.9 Å². The van der Waals surface area contributed by atoms with Gasteiger partial charge in [-0.05, 0) is 24.6 Å². The van der Waals surface area contributed by atoms with E-state index in [2.05, 4.69) is 0 Å². The van der Waals surface area contributed by atoms with Gasteiger partial charge in [0.1, 0.15) is 0 Å². The number of nitrogen functional groups attached to an aromatic ring is 1. The first-order valence-electron chi connectivity index (χ1n) is 3.86. The molecule has 0 radical (unpaired) electrons. The molecule has 0 unspecified atom stereocenters. The summed E-state index contributed by atoms with van der Waals surface area (Å²) in [4.78, 5) is 21.5. The van der Waals surface area contributed by atoms with Gasteiger partial charge in [-0.15, -0.1) is 0 Å². The van der Waals surface area contributed by atoms with E-state index in [0.717, 1.165) is 10.1 Å². The van der Waals surface area contributed by atoms with Crippen LogP contribution >= 0.6 is 0 Å². The highest BCUT2D eigenvalue weighted by atomic mass is 16.2. The van der Waals surface area contributed by atoms with Crippen LogP contribution < -0.4 is 16.9 Å². The van der Waals surface area contributed by atoms with Gasteiger partial charge in [-0.25, -0.2) is 4.57 Å². The van der Waals surface area contributed by atoms with Gasteiger partial charge >= 0.3 is 11.1 Å². The Hall–Kier alpha value is -1.84. The summed E-state index contributed by atoms with van der Waals surface area (Å²) >= 11 is 0. The third-order valence-electron chi connectivity index (χ3n) is 2.06. The normalized spacial score (nSPS) is 10.8. The number of anilines is 1. The molecule has 0 spiro atoms. The third-order valence-corrected chi connectivity index (χ3v) is 2.06. The predicted molar refractivity (Wildman–Crippen MR) is 49.8 cm³/mol. The highest BCUT2D eigenvalue weighted by molar-refractivity contribution is 5.53. The van der Waals surface area contributed by atoms with Crippen molar-refractivity contribution in [3.63, 3.8) is 0 Å². The molecule has 2 N–H and O–H groups in total. The lowest BCUT2D eigenvalue weighted by atomic mass is 10.2. The maximum absolute atomic E-state index is 10.8. The second-order valence-electron chi connectivity index (χ2n) is 2.99.